The molecular formula is C20H26BrN3O2. The van der Waals surface area contributed by atoms with Crippen molar-refractivity contribution >= 4 is 21.8 Å². The summed E-state index contributed by atoms with van der Waals surface area (Å²) in [5.41, 5.74) is 1.17. The topological polar surface area (TPSA) is 68.0 Å². The largest absolute Gasteiger partial charge is 0.350 e. The van der Waals surface area contributed by atoms with E-state index in [1.807, 2.05) is 0 Å². The van der Waals surface area contributed by atoms with Gasteiger partial charge < -0.3 is 9.84 Å². The van der Waals surface area contributed by atoms with Crippen molar-refractivity contribution in [3.63, 3.8) is 0 Å². The maximum absolute atomic E-state index is 12.6. The number of nitrogens with one attached hydrogen (secondary N) is 1. The predicted octanol–water partition coefficient (Wildman–Crippen LogP) is 4.53. The summed E-state index contributed by atoms with van der Waals surface area (Å²) in [4.78, 5) is 16.8. The first kappa shape index (κ1) is 19.1. The van der Waals surface area contributed by atoms with Gasteiger partial charge in [0.25, 0.3) is 0 Å². The number of nitrogens with zero attached hydrogens (tertiary/aromatic N) is 2. The lowest BCUT2D eigenvalue weighted by Crippen LogP contribution is -2.51. The number of halogens is 1. The molecule has 1 N–H and O–H groups in total. The molecule has 1 fully saturated rings. The highest BCUT2D eigenvalue weighted by Crippen LogP contribution is 2.32. The second-order valence-electron chi connectivity index (χ2n) is 7.28. The first-order valence-electron chi connectivity index (χ1n) is 9.39. The van der Waals surface area contributed by atoms with Crippen molar-refractivity contribution in [1.82, 2.24) is 15.5 Å². The van der Waals surface area contributed by atoms with Crippen molar-refractivity contribution in [1.29, 1.82) is 0 Å². The molecule has 1 amide bonds. The van der Waals surface area contributed by atoms with Crippen molar-refractivity contribution in [3.05, 3.63) is 46.0 Å². The van der Waals surface area contributed by atoms with Crippen molar-refractivity contribution in [2.24, 2.45) is 0 Å². The van der Waals surface area contributed by atoms with Gasteiger partial charge in [-0.05, 0) is 50.3 Å². The first-order chi connectivity index (χ1) is 12.5. The van der Waals surface area contributed by atoms with Gasteiger partial charge in [0.05, 0.1) is 0 Å². The maximum Gasteiger partial charge on any atom is 0.226 e. The number of rotatable bonds is 7. The van der Waals surface area contributed by atoms with Crippen molar-refractivity contribution < 1.29 is 9.32 Å². The van der Waals surface area contributed by atoms with Crippen LogP contribution in [0.5, 0.6) is 0 Å². The molecule has 0 aliphatic heterocycles. The van der Waals surface area contributed by atoms with E-state index in [1.165, 1.54) is 24.8 Å². The normalized spacial score (nSPS) is 16.4. The maximum atomic E-state index is 12.6. The second-order valence-corrected chi connectivity index (χ2v) is 8.20. The van der Waals surface area contributed by atoms with Gasteiger partial charge in [0.15, 0.2) is 5.82 Å². The first-order valence-corrected chi connectivity index (χ1v) is 10.2. The van der Waals surface area contributed by atoms with E-state index in [-0.39, 0.29) is 11.4 Å². The number of aryl methyl sites for hydroxylation is 2. The number of amides is 1. The minimum Gasteiger partial charge on any atom is -0.350 e. The standard InChI is InChI=1S/C20H26BrN3O2/c1-15-22-19(26-24-15)7-5-6-18(25)23-20(12-3-2-4-13-20)14-16-8-10-17(21)11-9-16/h8-11H,2-7,12-14H2,1H3,(H,23,25). The Bertz CT molecular complexity index is 721. The fraction of sp³-hybridized carbons (Fsp3) is 0.550. The Morgan fingerprint density at radius 1 is 1.23 bits per heavy atom. The Hall–Kier alpha value is -1.69. The molecule has 0 bridgehead atoms. The third kappa shape index (κ3) is 5.40. The molecule has 3 rings (SSSR count). The van der Waals surface area contributed by atoms with Crippen LogP contribution in [0.1, 0.15) is 62.2 Å². The number of carbonyl (C=O) groups is 1. The van der Waals surface area contributed by atoms with E-state index in [0.29, 0.717) is 24.6 Å². The van der Waals surface area contributed by atoms with Gasteiger partial charge in [0.1, 0.15) is 0 Å². The summed E-state index contributed by atoms with van der Waals surface area (Å²) >= 11 is 3.49. The number of carbonyl (C=O) groups excluding carboxylic acids is 1. The molecule has 1 saturated carbocycles. The number of hydrogen-bond donors (Lipinski definition) is 1. The van der Waals surface area contributed by atoms with Gasteiger partial charge in [0, 0.05) is 22.9 Å². The molecule has 26 heavy (non-hydrogen) atoms. The summed E-state index contributed by atoms with van der Waals surface area (Å²) in [6, 6.07) is 8.43. The van der Waals surface area contributed by atoms with E-state index in [2.05, 4.69) is 55.7 Å². The van der Waals surface area contributed by atoms with Gasteiger partial charge in [-0.2, -0.15) is 4.98 Å². The van der Waals surface area contributed by atoms with Crippen LogP contribution in [-0.2, 0) is 17.6 Å². The van der Waals surface area contributed by atoms with E-state index in [0.717, 1.165) is 30.2 Å². The van der Waals surface area contributed by atoms with E-state index in [4.69, 9.17) is 4.52 Å². The number of aromatic nitrogens is 2. The zero-order valence-corrected chi connectivity index (χ0v) is 16.8. The van der Waals surface area contributed by atoms with E-state index in [1.54, 1.807) is 6.92 Å². The average molecular weight is 420 g/mol. The lowest BCUT2D eigenvalue weighted by molar-refractivity contribution is -0.123. The molecule has 140 valence electrons. The van der Waals surface area contributed by atoms with Crippen LogP contribution in [0.3, 0.4) is 0 Å². The fourth-order valence-corrected chi connectivity index (χ4v) is 4.03. The molecular weight excluding hydrogens is 394 g/mol. The fourth-order valence-electron chi connectivity index (χ4n) is 3.77. The predicted molar refractivity (Wildman–Crippen MR) is 104 cm³/mol. The van der Waals surface area contributed by atoms with Gasteiger partial charge in [-0.15, -0.1) is 0 Å². The van der Waals surface area contributed by atoms with Crippen LogP contribution in [0.25, 0.3) is 0 Å². The van der Waals surface area contributed by atoms with Gasteiger partial charge in [0.2, 0.25) is 11.8 Å². The molecule has 1 heterocycles. The third-order valence-electron chi connectivity index (χ3n) is 5.04. The van der Waals surface area contributed by atoms with Gasteiger partial charge in [-0.25, -0.2) is 0 Å². The molecule has 0 radical (unpaired) electrons. The van der Waals surface area contributed by atoms with Crippen LogP contribution >= 0.6 is 15.9 Å². The van der Waals surface area contributed by atoms with E-state index < -0.39 is 0 Å². The molecule has 1 aromatic heterocycles. The Morgan fingerprint density at radius 2 is 1.96 bits per heavy atom. The molecule has 6 heteroatoms. The lowest BCUT2D eigenvalue weighted by Gasteiger charge is -2.38. The van der Waals surface area contributed by atoms with Crippen LogP contribution in [0.2, 0.25) is 0 Å². The molecule has 1 aliphatic carbocycles. The van der Waals surface area contributed by atoms with Crippen molar-refractivity contribution in [2.45, 2.75) is 70.3 Å². The van der Waals surface area contributed by atoms with Gasteiger partial charge in [-0.3, -0.25) is 4.79 Å². The highest BCUT2D eigenvalue weighted by Gasteiger charge is 2.33. The minimum absolute atomic E-state index is 0.107. The Kier molecular flexibility index (Phi) is 6.46. The molecule has 0 saturated heterocycles. The molecule has 1 aliphatic rings. The number of benzene rings is 1. The van der Waals surface area contributed by atoms with Gasteiger partial charge in [-0.1, -0.05) is 52.5 Å². The highest BCUT2D eigenvalue weighted by atomic mass is 79.9. The second kappa shape index (κ2) is 8.80. The summed E-state index contributed by atoms with van der Waals surface area (Å²) in [7, 11) is 0. The van der Waals surface area contributed by atoms with Gasteiger partial charge >= 0.3 is 0 Å². The van der Waals surface area contributed by atoms with E-state index in [9.17, 15) is 4.79 Å². The van der Waals surface area contributed by atoms with Crippen LogP contribution in [0, 0.1) is 6.92 Å². The van der Waals surface area contributed by atoms with E-state index >= 15 is 0 Å². The minimum atomic E-state index is -0.107. The lowest BCUT2D eigenvalue weighted by atomic mass is 9.77. The highest BCUT2D eigenvalue weighted by molar-refractivity contribution is 9.10. The van der Waals surface area contributed by atoms with Crippen LogP contribution < -0.4 is 5.32 Å². The molecule has 0 unspecified atom stereocenters. The summed E-state index contributed by atoms with van der Waals surface area (Å²) in [5.74, 6) is 1.37. The monoisotopic (exact) mass is 419 g/mol. The molecule has 2 aromatic rings. The molecule has 0 spiro atoms. The quantitative estimate of drug-likeness (QED) is 0.715. The number of hydrogen-bond acceptors (Lipinski definition) is 4. The van der Waals surface area contributed by atoms with Crippen molar-refractivity contribution in [3.8, 4) is 0 Å². The summed E-state index contributed by atoms with van der Waals surface area (Å²) in [6.07, 6.45) is 8.48. The zero-order chi connectivity index (χ0) is 18.4. The third-order valence-corrected chi connectivity index (χ3v) is 5.56. The van der Waals surface area contributed by atoms with Crippen LogP contribution in [0.4, 0.5) is 0 Å². The Balaban J connectivity index is 1.56. The average Bonchev–Trinajstić information content (AvgIpc) is 3.03. The molecule has 5 nitrogen and oxygen atoms in total. The van der Waals surface area contributed by atoms with Crippen LogP contribution in [0.15, 0.2) is 33.3 Å². The Labute approximate surface area is 163 Å². The summed E-state index contributed by atoms with van der Waals surface area (Å²) < 4.78 is 6.19. The molecule has 1 aromatic carbocycles. The summed E-state index contributed by atoms with van der Waals surface area (Å²) in [6.45, 7) is 1.80. The van der Waals surface area contributed by atoms with Crippen molar-refractivity contribution in [2.75, 3.05) is 0 Å². The van der Waals surface area contributed by atoms with Crippen LogP contribution in [-0.4, -0.2) is 21.6 Å². The molecule has 0 atom stereocenters. The SMILES string of the molecule is Cc1noc(CCCC(=O)NC2(Cc3ccc(Br)cc3)CCCCC2)n1. The smallest absolute Gasteiger partial charge is 0.226 e. The Morgan fingerprint density at radius 3 is 2.62 bits per heavy atom. The summed E-state index contributed by atoms with van der Waals surface area (Å²) in [5, 5.41) is 7.15. The zero-order valence-electron chi connectivity index (χ0n) is 15.3.